The van der Waals surface area contributed by atoms with Crippen molar-refractivity contribution in [2.75, 3.05) is 16.8 Å². The first kappa shape index (κ1) is 13.0. The predicted molar refractivity (Wildman–Crippen MR) is 73.1 cm³/mol. The molecule has 1 unspecified atom stereocenters. The van der Waals surface area contributed by atoms with E-state index < -0.39 is 0 Å². The third kappa shape index (κ3) is 2.55. The van der Waals surface area contributed by atoms with E-state index in [-0.39, 0.29) is 17.6 Å². The molecule has 1 aliphatic heterocycles. The van der Waals surface area contributed by atoms with Gasteiger partial charge in [-0.05, 0) is 30.5 Å². The Morgan fingerprint density at radius 1 is 1.53 bits per heavy atom. The third-order valence-corrected chi connectivity index (χ3v) is 4.71. The Morgan fingerprint density at radius 3 is 2.82 bits per heavy atom. The molecule has 1 atom stereocenters. The maximum absolute atomic E-state index is 13.9. The molecule has 0 aromatic heterocycles. The van der Waals surface area contributed by atoms with Gasteiger partial charge in [-0.1, -0.05) is 31.9 Å². The Morgan fingerprint density at radius 2 is 2.24 bits per heavy atom. The summed E-state index contributed by atoms with van der Waals surface area (Å²) in [7, 11) is 0. The average molecular weight is 365 g/mol. The number of carbonyl (C=O) groups excluding carboxylic acids is 1. The highest BCUT2D eigenvalue weighted by molar-refractivity contribution is 9.10. The summed E-state index contributed by atoms with van der Waals surface area (Å²) in [5, 5.41) is 0.770. The number of anilines is 1. The molecule has 2 nitrogen and oxygen atoms in total. The Kier molecular flexibility index (Phi) is 3.88. The lowest BCUT2D eigenvalue weighted by Gasteiger charge is -2.18. The number of carbonyl (C=O) groups is 1. The van der Waals surface area contributed by atoms with Crippen molar-refractivity contribution in [3.63, 3.8) is 0 Å². The molecule has 0 bridgehead atoms. The smallest absolute Gasteiger partial charge is 0.227 e. The van der Waals surface area contributed by atoms with Crippen molar-refractivity contribution in [3.05, 3.63) is 28.0 Å². The second-order valence-electron chi connectivity index (χ2n) is 4.28. The van der Waals surface area contributed by atoms with Crippen LogP contribution in [0.15, 0.2) is 16.6 Å². The van der Waals surface area contributed by atoms with Crippen LogP contribution >= 0.6 is 31.9 Å². The van der Waals surface area contributed by atoms with Crippen LogP contribution in [0.25, 0.3) is 0 Å². The monoisotopic (exact) mass is 363 g/mol. The van der Waals surface area contributed by atoms with Crippen LogP contribution in [0.4, 0.5) is 10.1 Å². The molecule has 1 fully saturated rings. The van der Waals surface area contributed by atoms with Gasteiger partial charge in [0.2, 0.25) is 5.91 Å². The van der Waals surface area contributed by atoms with Crippen molar-refractivity contribution in [1.29, 1.82) is 0 Å². The molecule has 1 aliphatic rings. The first-order valence-electron chi connectivity index (χ1n) is 5.35. The van der Waals surface area contributed by atoms with Crippen LogP contribution in [0, 0.1) is 18.7 Å². The second kappa shape index (κ2) is 5.06. The van der Waals surface area contributed by atoms with Gasteiger partial charge < -0.3 is 4.90 Å². The normalized spacial score (nSPS) is 20.1. The summed E-state index contributed by atoms with van der Waals surface area (Å²) in [5.41, 5.74) is 1.32. The zero-order chi connectivity index (χ0) is 12.6. The van der Waals surface area contributed by atoms with E-state index in [1.165, 1.54) is 6.07 Å². The van der Waals surface area contributed by atoms with Crippen molar-refractivity contribution in [2.24, 2.45) is 5.92 Å². The van der Waals surface area contributed by atoms with E-state index >= 15 is 0 Å². The van der Waals surface area contributed by atoms with Crippen LogP contribution < -0.4 is 4.90 Å². The fourth-order valence-corrected chi connectivity index (χ4v) is 2.72. The van der Waals surface area contributed by atoms with Crippen LogP contribution in [-0.2, 0) is 4.79 Å². The van der Waals surface area contributed by atoms with E-state index in [2.05, 4.69) is 31.9 Å². The molecule has 0 spiro atoms. The van der Waals surface area contributed by atoms with Gasteiger partial charge in [0.1, 0.15) is 5.82 Å². The number of rotatable bonds is 2. The summed E-state index contributed by atoms with van der Waals surface area (Å²) in [5.74, 6) is -0.0908. The molecular formula is C12H12Br2FNO. The van der Waals surface area contributed by atoms with Gasteiger partial charge in [0.05, 0.1) is 5.69 Å². The lowest BCUT2D eigenvalue weighted by molar-refractivity contribution is -0.117. The molecule has 1 heterocycles. The maximum Gasteiger partial charge on any atom is 0.227 e. The van der Waals surface area contributed by atoms with E-state index in [0.717, 1.165) is 15.4 Å². The molecule has 5 heteroatoms. The fourth-order valence-electron chi connectivity index (χ4n) is 1.97. The molecule has 1 amide bonds. The second-order valence-corrected chi connectivity index (χ2v) is 5.78. The van der Waals surface area contributed by atoms with Crippen molar-refractivity contribution in [3.8, 4) is 0 Å². The number of halogens is 3. The summed E-state index contributed by atoms with van der Waals surface area (Å²) >= 11 is 6.65. The van der Waals surface area contributed by atoms with Gasteiger partial charge in [-0.2, -0.15) is 0 Å². The van der Waals surface area contributed by atoms with E-state index in [1.54, 1.807) is 11.0 Å². The molecule has 0 radical (unpaired) electrons. The minimum absolute atomic E-state index is 0.00456. The number of benzene rings is 1. The first-order valence-corrected chi connectivity index (χ1v) is 7.26. The van der Waals surface area contributed by atoms with Gasteiger partial charge >= 0.3 is 0 Å². The summed E-state index contributed by atoms with van der Waals surface area (Å²) in [4.78, 5) is 13.4. The van der Waals surface area contributed by atoms with Gasteiger partial charge in [-0.15, -0.1) is 0 Å². The number of aryl methyl sites for hydroxylation is 1. The molecule has 17 heavy (non-hydrogen) atoms. The van der Waals surface area contributed by atoms with Gasteiger partial charge in [0.15, 0.2) is 0 Å². The summed E-state index contributed by atoms with van der Waals surface area (Å²) in [6.45, 7) is 2.47. The first-order chi connectivity index (χ1) is 8.02. The minimum Gasteiger partial charge on any atom is -0.309 e. The molecule has 2 rings (SSSR count). The number of amides is 1. The Balaban J connectivity index is 2.35. The molecular weight excluding hydrogens is 353 g/mol. The third-order valence-electron chi connectivity index (χ3n) is 2.94. The van der Waals surface area contributed by atoms with E-state index in [1.807, 2.05) is 6.92 Å². The minimum atomic E-state index is -0.356. The highest BCUT2D eigenvalue weighted by Crippen LogP contribution is 2.31. The molecule has 0 N–H and O–H groups in total. The Bertz CT molecular complexity index is 464. The van der Waals surface area contributed by atoms with Crippen molar-refractivity contribution in [1.82, 2.24) is 0 Å². The van der Waals surface area contributed by atoms with Crippen molar-refractivity contribution >= 4 is 43.5 Å². The Labute approximate surface area is 116 Å². The Hall–Kier alpha value is -0.420. The predicted octanol–water partition coefficient (Wildman–Crippen LogP) is 3.64. The van der Waals surface area contributed by atoms with Gasteiger partial charge in [0, 0.05) is 22.8 Å². The molecule has 0 saturated carbocycles. The van der Waals surface area contributed by atoms with E-state index in [9.17, 15) is 9.18 Å². The largest absolute Gasteiger partial charge is 0.309 e. The highest BCUT2D eigenvalue weighted by atomic mass is 79.9. The van der Waals surface area contributed by atoms with Gasteiger partial charge in [0.25, 0.3) is 0 Å². The number of hydrogen-bond acceptors (Lipinski definition) is 1. The lowest BCUT2D eigenvalue weighted by Crippen LogP contribution is -2.25. The quantitative estimate of drug-likeness (QED) is 0.733. The summed E-state index contributed by atoms with van der Waals surface area (Å²) < 4.78 is 14.6. The molecule has 1 saturated heterocycles. The molecule has 1 aromatic carbocycles. The number of nitrogens with zero attached hydrogens (tertiary/aromatic N) is 1. The number of alkyl halides is 1. The summed E-state index contributed by atoms with van der Waals surface area (Å²) in [6, 6.07) is 3.13. The highest BCUT2D eigenvalue weighted by Gasteiger charge is 2.31. The molecule has 0 aliphatic carbocycles. The van der Waals surface area contributed by atoms with Crippen LogP contribution in [0.3, 0.4) is 0 Å². The topological polar surface area (TPSA) is 20.3 Å². The van der Waals surface area contributed by atoms with Crippen LogP contribution in [-0.4, -0.2) is 17.8 Å². The average Bonchev–Trinajstić information content (AvgIpc) is 2.65. The van der Waals surface area contributed by atoms with E-state index in [4.69, 9.17) is 0 Å². The van der Waals surface area contributed by atoms with Crippen LogP contribution in [0.2, 0.25) is 0 Å². The van der Waals surface area contributed by atoms with Crippen molar-refractivity contribution in [2.45, 2.75) is 13.3 Å². The lowest BCUT2D eigenvalue weighted by atomic mass is 10.1. The van der Waals surface area contributed by atoms with Crippen LogP contribution in [0.5, 0.6) is 0 Å². The summed E-state index contributed by atoms with van der Waals surface area (Å²) in [6.07, 6.45) is 0.486. The molecule has 1 aromatic rings. The standard InChI is InChI=1S/C12H12Br2FNO/c1-7-2-11(10(15)4-9(7)14)16-6-8(5-13)3-12(16)17/h2,4,8H,3,5-6H2,1H3. The van der Waals surface area contributed by atoms with E-state index in [0.29, 0.717) is 18.7 Å². The van der Waals surface area contributed by atoms with Gasteiger partial charge in [-0.25, -0.2) is 4.39 Å². The zero-order valence-corrected chi connectivity index (χ0v) is 12.5. The fraction of sp³-hybridized carbons (Fsp3) is 0.417. The maximum atomic E-state index is 13.9. The molecule has 92 valence electrons. The zero-order valence-electron chi connectivity index (χ0n) is 9.34. The van der Waals surface area contributed by atoms with Crippen LogP contribution in [0.1, 0.15) is 12.0 Å². The number of hydrogen-bond donors (Lipinski definition) is 0. The van der Waals surface area contributed by atoms with Crippen molar-refractivity contribution < 1.29 is 9.18 Å². The van der Waals surface area contributed by atoms with Gasteiger partial charge in [-0.3, -0.25) is 4.79 Å². The SMILES string of the molecule is Cc1cc(N2CC(CBr)CC2=O)c(F)cc1Br.